The number of nitrogens with zero attached hydrogens (tertiary/aromatic N) is 5. The van der Waals surface area contributed by atoms with Crippen molar-refractivity contribution < 1.29 is 38.2 Å². The second-order valence-electron chi connectivity index (χ2n) is 20.5. The third-order valence-electron chi connectivity index (χ3n) is 12.6. The number of aryl methyl sites for hydroxylation is 1. The molecule has 0 aliphatic carbocycles. The first kappa shape index (κ1) is 52.1. The van der Waals surface area contributed by atoms with Crippen LogP contribution in [-0.4, -0.2) is 105 Å². The smallest absolute Gasteiger partial charge is 0.246 e. The van der Waals surface area contributed by atoms with Gasteiger partial charge in [0.1, 0.15) is 29.9 Å². The van der Waals surface area contributed by atoms with Crippen LogP contribution >= 0.6 is 22.7 Å². The molecule has 5 heterocycles. The van der Waals surface area contributed by atoms with E-state index in [9.17, 15) is 19.5 Å². The van der Waals surface area contributed by atoms with Gasteiger partial charge in [-0.3, -0.25) is 18.8 Å². The number of thiazole rings is 2. The molecular weight excluding hydrogens is 951 g/mol. The molecule has 0 saturated carbocycles. The van der Waals surface area contributed by atoms with Crippen molar-refractivity contribution in [2.24, 2.45) is 5.41 Å². The van der Waals surface area contributed by atoms with Gasteiger partial charge in [-0.2, -0.15) is 0 Å². The molecule has 1 saturated heterocycles. The molecule has 4 aromatic heterocycles. The van der Waals surface area contributed by atoms with Crippen molar-refractivity contribution in [2.45, 2.75) is 104 Å². The summed E-state index contributed by atoms with van der Waals surface area (Å²) < 4.78 is 26.0. The Hall–Kier alpha value is -6.24. The van der Waals surface area contributed by atoms with Crippen molar-refractivity contribution >= 4 is 55.4 Å². The molecule has 0 bridgehead atoms. The number of benzene rings is 3. The zero-order valence-electron chi connectivity index (χ0n) is 42.2. The van der Waals surface area contributed by atoms with Gasteiger partial charge in [0.25, 0.3) is 0 Å². The Labute approximate surface area is 428 Å². The van der Waals surface area contributed by atoms with Gasteiger partial charge in [0.15, 0.2) is 4.96 Å². The second-order valence-corrected chi connectivity index (χ2v) is 22.3. The van der Waals surface area contributed by atoms with E-state index in [2.05, 4.69) is 56.0 Å². The molecule has 0 radical (unpaired) electrons. The molecule has 7 aromatic rings. The van der Waals surface area contributed by atoms with Crippen LogP contribution in [0.4, 0.5) is 0 Å². The molecule has 0 unspecified atom stereocenters. The van der Waals surface area contributed by atoms with Crippen LogP contribution in [0.2, 0.25) is 0 Å². The molecule has 17 heteroatoms. The second kappa shape index (κ2) is 22.7. The van der Waals surface area contributed by atoms with Gasteiger partial charge < -0.3 is 39.4 Å². The van der Waals surface area contributed by atoms with Crippen LogP contribution in [0.25, 0.3) is 36.9 Å². The number of nitrogens with one attached hydrogen (secondary N) is 2. The number of carbonyl (C=O) groups excluding carboxylic acids is 3. The lowest BCUT2D eigenvalue weighted by Crippen LogP contribution is -2.56. The highest BCUT2D eigenvalue weighted by Gasteiger charge is 2.43. The van der Waals surface area contributed by atoms with E-state index in [0.29, 0.717) is 57.2 Å². The molecule has 3 atom stereocenters. The maximum Gasteiger partial charge on any atom is 0.246 e. The van der Waals surface area contributed by atoms with Gasteiger partial charge in [0, 0.05) is 61.3 Å². The van der Waals surface area contributed by atoms with Gasteiger partial charge in [-0.25, -0.2) is 9.97 Å². The Kier molecular flexibility index (Phi) is 16.4. The number of amides is 2. The third kappa shape index (κ3) is 13.0. The van der Waals surface area contributed by atoms with Crippen LogP contribution in [0, 0.1) is 12.3 Å². The van der Waals surface area contributed by atoms with Crippen LogP contribution < -0.4 is 15.4 Å². The number of aliphatic hydroxyl groups is 1. The number of aromatic nitrogens is 4. The van der Waals surface area contributed by atoms with Crippen LogP contribution in [-0.2, 0) is 48.7 Å². The molecule has 1 fully saturated rings. The minimum absolute atomic E-state index is 0.0733. The lowest BCUT2D eigenvalue weighted by molar-refractivity contribution is -0.140. The molecule has 3 aromatic carbocycles. The minimum atomic E-state index is -0.822. The van der Waals surface area contributed by atoms with E-state index in [-0.39, 0.29) is 49.0 Å². The number of hydrogen-bond acceptors (Lipinski definition) is 14. The zero-order valence-corrected chi connectivity index (χ0v) is 43.8. The molecule has 1 aliphatic rings. The fourth-order valence-electron chi connectivity index (χ4n) is 8.57. The van der Waals surface area contributed by atoms with Crippen molar-refractivity contribution in [2.75, 3.05) is 39.6 Å². The largest absolute Gasteiger partial charge is 0.491 e. The van der Waals surface area contributed by atoms with E-state index in [1.165, 1.54) is 0 Å². The number of fused-ring (bicyclic) bond motifs is 3. The first-order valence-electron chi connectivity index (χ1n) is 24.4. The van der Waals surface area contributed by atoms with Crippen molar-refractivity contribution in [1.29, 1.82) is 0 Å². The number of β-amino-alcohol motifs (C(OH)–C–C–N with tert-alkyl or cyclic N) is 1. The van der Waals surface area contributed by atoms with Crippen molar-refractivity contribution in [3.8, 4) is 27.4 Å². The van der Waals surface area contributed by atoms with E-state index in [1.807, 2.05) is 109 Å². The summed E-state index contributed by atoms with van der Waals surface area (Å²) in [6, 6.07) is 22.8. The van der Waals surface area contributed by atoms with E-state index < -0.39 is 23.6 Å². The Morgan fingerprint density at radius 3 is 2.31 bits per heavy atom. The number of Topliss-reactive ketones (excluding diaryl/α,β-unsaturated/α-hetero) is 1. The monoisotopic (exact) mass is 1020 g/mol. The lowest BCUT2D eigenvalue weighted by Gasteiger charge is -2.36. The molecule has 1 aliphatic heterocycles. The fourth-order valence-corrected chi connectivity index (χ4v) is 10.4. The first-order valence-corrected chi connectivity index (χ1v) is 26.1. The summed E-state index contributed by atoms with van der Waals surface area (Å²) in [4.78, 5) is 53.0. The number of hydrogen-bond donors (Lipinski definition) is 3. The molecule has 15 nitrogen and oxygen atoms in total. The first-order chi connectivity index (χ1) is 34.4. The Morgan fingerprint density at radius 1 is 0.903 bits per heavy atom. The summed E-state index contributed by atoms with van der Waals surface area (Å²) in [5.41, 5.74) is 9.35. The summed E-state index contributed by atoms with van der Waals surface area (Å²) in [6.07, 6.45) is 2.30. The highest BCUT2D eigenvalue weighted by atomic mass is 32.1. The average Bonchev–Trinajstić information content (AvgIpc) is 4.19. The van der Waals surface area contributed by atoms with Gasteiger partial charge in [0.2, 0.25) is 11.8 Å². The highest BCUT2D eigenvalue weighted by Crippen LogP contribution is 2.33. The van der Waals surface area contributed by atoms with Gasteiger partial charge in [-0.15, -0.1) is 11.3 Å². The van der Waals surface area contributed by atoms with Gasteiger partial charge in [-0.1, -0.05) is 113 Å². The van der Waals surface area contributed by atoms with Crippen molar-refractivity contribution in [3.63, 3.8) is 0 Å². The van der Waals surface area contributed by atoms with Crippen LogP contribution in [0.15, 0.2) is 101 Å². The van der Waals surface area contributed by atoms with Crippen LogP contribution in [0.1, 0.15) is 82.7 Å². The number of imidazole rings is 1. The molecule has 8 rings (SSSR count). The quantitative estimate of drug-likeness (QED) is 0.0550. The summed E-state index contributed by atoms with van der Waals surface area (Å²) in [6.45, 7) is 20.3. The number of likely N-dealkylation sites (tertiary alicyclic amines) is 1. The van der Waals surface area contributed by atoms with Crippen LogP contribution in [0.3, 0.4) is 0 Å². The van der Waals surface area contributed by atoms with E-state index in [1.54, 1.807) is 27.6 Å². The number of ketones is 1. The van der Waals surface area contributed by atoms with Gasteiger partial charge in [-0.05, 0) is 47.2 Å². The van der Waals surface area contributed by atoms with E-state index in [4.69, 9.17) is 23.7 Å². The third-order valence-corrected chi connectivity index (χ3v) is 14.6. The van der Waals surface area contributed by atoms with E-state index >= 15 is 0 Å². The fraction of sp³-hybridized carbons (Fsp3) is 0.418. The Bertz CT molecular complexity index is 3000. The number of carbonyl (C=O) groups is 3. The molecule has 72 heavy (non-hydrogen) atoms. The van der Waals surface area contributed by atoms with Crippen LogP contribution in [0.5, 0.6) is 5.75 Å². The van der Waals surface area contributed by atoms with Crippen molar-refractivity contribution in [1.82, 2.24) is 35.1 Å². The Morgan fingerprint density at radius 2 is 1.61 bits per heavy atom. The van der Waals surface area contributed by atoms with E-state index in [0.717, 1.165) is 65.2 Å². The standard InChI is InChI=1S/C55H65N7O8S2/c1-34(56-30-37-11-15-39(16-12-37)50-35(2)57-33-71-50)46-28-42(64)31-61(46)52(66)51(55(6,7)8)59-49(65)19-20-67-21-22-68-23-24-69-43-17-18-45-47(29-43)72-53-58-44(32-62(45)53)38-13-9-36(10-14-38)25-41(63)26-40-27-48(70-60-40)54(3,4)5/h9-18,27,29,32-33,42,46,51,56,64H,1,19-26,28,30-31H2,2-8H3,(H,59,65)/t42-,46+,51-/m1/s1. The Balaban J connectivity index is 0.722. The summed E-state index contributed by atoms with van der Waals surface area (Å²) in [7, 11) is 0. The number of ether oxygens (including phenoxy) is 3. The number of rotatable bonds is 22. The van der Waals surface area contributed by atoms with Crippen molar-refractivity contribution in [3.05, 3.63) is 125 Å². The topological polar surface area (TPSA) is 183 Å². The zero-order chi connectivity index (χ0) is 51.2. The predicted octanol–water partition coefficient (Wildman–Crippen LogP) is 8.89. The predicted molar refractivity (Wildman–Crippen MR) is 281 cm³/mol. The van der Waals surface area contributed by atoms with Gasteiger partial charge in [0.05, 0.1) is 82.7 Å². The normalized spacial score (nSPS) is 15.6. The lowest BCUT2D eigenvalue weighted by atomic mass is 9.85. The SMILES string of the molecule is C=C(NCc1ccc(-c2scnc2C)cc1)[C@@H]1C[C@@H](O)CN1C(=O)[C@@H](NC(=O)CCOCCOCCOc1ccc2c(c1)sc1nc(-c3ccc(CC(=O)Cc4cc(C(C)(C)C)on4)cc3)cn12)C(C)(C)C. The summed E-state index contributed by atoms with van der Waals surface area (Å²) in [5, 5.41) is 21.1. The summed E-state index contributed by atoms with van der Waals surface area (Å²) in [5.74, 6) is 1.01. The summed E-state index contributed by atoms with van der Waals surface area (Å²) >= 11 is 3.19. The minimum Gasteiger partial charge on any atom is -0.491 e. The van der Waals surface area contributed by atoms with Gasteiger partial charge >= 0.3 is 0 Å². The molecule has 2 amide bonds. The number of aliphatic hydroxyl groups excluding tert-OH is 1. The molecule has 3 N–H and O–H groups in total. The highest BCUT2D eigenvalue weighted by molar-refractivity contribution is 7.23. The maximum absolute atomic E-state index is 14.1. The molecular formula is C55H65N7O8S2. The molecule has 380 valence electrons. The average molecular weight is 1020 g/mol. The maximum atomic E-state index is 14.1. The molecule has 0 spiro atoms.